The van der Waals surface area contributed by atoms with E-state index in [9.17, 15) is 0 Å². The van der Waals surface area contributed by atoms with Crippen LogP contribution in [0.2, 0.25) is 0 Å². The SMILES string of the molecule is CCCn1cncc1C(CN)N(CCOC)CC(C)C. The van der Waals surface area contributed by atoms with Crippen LogP contribution in [0.3, 0.4) is 0 Å². The van der Waals surface area contributed by atoms with Gasteiger partial charge in [-0.1, -0.05) is 20.8 Å². The van der Waals surface area contributed by atoms with Gasteiger partial charge >= 0.3 is 0 Å². The molecule has 0 saturated carbocycles. The minimum absolute atomic E-state index is 0.210. The maximum atomic E-state index is 6.05. The zero-order chi connectivity index (χ0) is 15.0. The van der Waals surface area contributed by atoms with Gasteiger partial charge in [0, 0.05) is 39.5 Å². The van der Waals surface area contributed by atoms with Gasteiger partial charge in [0.15, 0.2) is 0 Å². The van der Waals surface area contributed by atoms with Crippen LogP contribution in [0.5, 0.6) is 0 Å². The lowest BCUT2D eigenvalue weighted by atomic mass is 10.1. The van der Waals surface area contributed by atoms with Crippen molar-refractivity contribution in [2.45, 2.75) is 39.8 Å². The zero-order valence-electron chi connectivity index (χ0n) is 13.4. The molecule has 1 unspecified atom stereocenters. The molecule has 0 spiro atoms. The van der Waals surface area contributed by atoms with Crippen molar-refractivity contribution in [2.75, 3.05) is 33.4 Å². The van der Waals surface area contributed by atoms with Gasteiger partial charge in [-0.15, -0.1) is 0 Å². The molecule has 0 aliphatic heterocycles. The molecule has 1 aromatic rings. The van der Waals surface area contributed by atoms with E-state index >= 15 is 0 Å². The van der Waals surface area contributed by atoms with Crippen LogP contribution in [0.15, 0.2) is 12.5 Å². The van der Waals surface area contributed by atoms with Gasteiger partial charge in [-0.3, -0.25) is 4.90 Å². The second-order valence-corrected chi connectivity index (χ2v) is 5.64. The molecule has 0 saturated heterocycles. The fraction of sp³-hybridized carbons (Fsp3) is 0.800. The maximum Gasteiger partial charge on any atom is 0.0948 e. The van der Waals surface area contributed by atoms with Crippen molar-refractivity contribution >= 4 is 0 Å². The first-order valence-electron chi connectivity index (χ1n) is 7.57. The van der Waals surface area contributed by atoms with Crippen LogP contribution in [0.1, 0.15) is 38.9 Å². The highest BCUT2D eigenvalue weighted by molar-refractivity contribution is 5.07. The number of methoxy groups -OCH3 is 1. The Labute approximate surface area is 123 Å². The van der Waals surface area contributed by atoms with Crippen molar-refractivity contribution in [3.05, 3.63) is 18.2 Å². The Morgan fingerprint density at radius 2 is 2.20 bits per heavy atom. The van der Waals surface area contributed by atoms with Crippen LogP contribution in [0.25, 0.3) is 0 Å². The molecule has 1 aromatic heterocycles. The van der Waals surface area contributed by atoms with Gasteiger partial charge in [-0.05, 0) is 12.3 Å². The fourth-order valence-corrected chi connectivity index (χ4v) is 2.54. The minimum Gasteiger partial charge on any atom is -0.383 e. The molecule has 0 amide bonds. The van der Waals surface area contributed by atoms with Crippen LogP contribution in [0.4, 0.5) is 0 Å². The highest BCUT2D eigenvalue weighted by atomic mass is 16.5. The number of aryl methyl sites for hydroxylation is 1. The first-order valence-corrected chi connectivity index (χ1v) is 7.57. The Balaban J connectivity index is 2.89. The van der Waals surface area contributed by atoms with Crippen molar-refractivity contribution in [2.24, 2.45) is 11.7 Å². The molecule has 0 radical (unpaired) electrons. The number of hydrogen-bond donors (Lipinski definition) is 1. The van der Waals surface area contributed by atoms with Gasteiger partial charge in [0.2, 0.25) is 0 Å². The second-order valence-electron chi connectivity index (χ2n) is 5.64. The summed E-state index contributed by atoms with van der Waals surface area (Å²) in [6.07, 6.45) is 4.96. The van der Waals surface area contributed by atoms with Crippen LogP contribution in [-0.4, -0.2) is 47.8 Å². The molecule has 2 N–H and O–H groups in total. The lowest BCUT2D eigenvalue weighted by molar-refractivity contribution is 0.109. The molecule has 0 aliphatic rings. The van der Waals surface area contributed by atoms with E-state index in [4.69, 9.17) is 10.5 Å². The molecule has 0 aromatic carbocycles. The average Bonchev–Trinajstić information content (AvgIpc) is 2.85. The monoisotopic (exact) mass is 282 g/mol. The number of imidazole rings is 1. The Hall–Kier alpha value is -0.910. The molecule has 0 aliphatic carbocycles. The Morgan fingerprint density at radius 1 is 1.45 bits per heavy atom. The number of aromatic nitrogens is 2. The second kappa shape index (κ2) is 9.10. The van der Waals surface area contributed by atoms with Crippen molar-refractivity contribution in [3.8, 4) is 0 Å². The van der Waals surface area contributed by atoms with Crippen molar-refractivity contribution in [1.29, 1.82) is 0 Å². The molecule has 116 valence electrons. The Kier molecular flexibility index (Phi) is 7.80. The van der Waals surface area contributed by atoms with E-state index < -0.39 is 0 Å². The number of nitrogens with two attached hydrogens (primary N) is 1. The van der Waals surface area contributed by atoms with Crippen molar-refractivity contribution in [1.82, 2.24) is 14.5 Å². The standard InChI is InChI=1S/C15H30N4O/c1-5-6-19-12-17-10-15(19)14(9-16)18(7-8-20-4)11-13(2)3/h10,12-14H,5-9,11,16H2,1-4H3. The molecule has 20 heavy (non-hydrogen) atoms. The lowest BCUT2D eigenvalue weighted by Gasteiger charge is -2.32. The molecule has 0 bridgehead atoms. The van der Waals surface area contributed by atoms with E-state index in [0.29, 0.717) is 12.5 Å². The third-order valence-corrected chi connectivity index (χ3v) is 3.40. The molecular weight excluding hydrogens is 252 g/mol. The maximum absolute atomic E-state index is 6.05. The number of nitrogens with zero attached hydrogens (tertiary/aromatic N) is 3. The summed E-state index contributed by atoms with van der Waals surface area (Å²) < 4.78 is 7.46. The third kappa shape index (κ3) is 4.89. The molecule has 1 heterocycles. The quantitative estimate of drug-likeness (QED) is 0.712. The van der Waals surface area contributed by atoms with Crippen molar-refractivity contribution < 1.29 is 4.74 Å². The van der Waals surface area contributed by atoms with E-state index in [2.05, 4.69) is 35.2 Å². The van der Waals surface area contributed by atoms with E-state index in [1.54, 1.807) is 7.11 Å². The first-order chi connectivity index (χ1) is 9.63. The number of rotatable bonds is 10. The number of ether oxygens (including phenoxy) is 1. The molecule has 5 heteroatoms. The highest BCUT2D eigenvalue weighted by Gasteiger charge is 2.22. The van der Waals surface area contributed by atoms with Crippen LogP contribution < -0.4 is 5.73 Å². The van der Waals surface area contributed by atoms with E-state index in [1.165, 1.54) is 5.69 Å². The summed E-state index contributed by atoms with van der Waals surface area (Å²) in [6, 6.07) is 0.210. The molecule has 0 fully saturated rings. The predicted octanol–water partition coefficient (Wildman–Crippen LogP) is 1.90. The van der Waals surface area contributed by atoms with E-state index in [-0.39, 0.29) is 6.04 Å². The van der Waals surface area contributed by atoms with Gasteiger partial charge in [0.05, 0.1) is 24.7 Å². The summed E-state index contributed by atoms with van der Waals surface area (Å²) in [7, 11) is 1.74. The third-order valence-electron chi connectivity index (χ3n) is 3.40. The lowest BCUT2D eigenvalue weighted by Crippen LogP contribution is -2.39. The molecule has 1 atom stereocenters. The van der Waals surface area contributed by atoms with Gasteiger partial charge in [-0.2, -0.15) is 0 Å². The summed E-state index contributed by atoms with van der Waals surface area (Å²) in [5.74, 6) is 0.600. The molecule has 1 rings (SSSR count). The first kappa shape index (κ1) is 17.1. The van der Waals surface area contributed by atoms with Gasteiger partial charge in [-0.25, -0.2) is 4.98 Å². The summed E-state index contributed by atoms with van der Waals surface area (Å²) >= 11 is 0. The zero-order valence-corrected chi connectivity index (χ0v) is 13.4. The largest absolute Gasteiger partial charge is 0.383 e. The minimum atomic E-state index is 0.210. The summed E-state index contributed by atoms with van der Waals surface area (Å²) in [5.41, 5.74) is 7.27. The van der Waals surface area contributed by atoms with E-state index in [0.717, 1.165) is 32.7 Å². The van der Waals surface area contributed by atoms with Crippen LogP contribution in [-0.2, 0) is 11.3 Å². The topological polar surface area (TPSA) is 56.3 Å². The predicted molar refractivity (Wildman–Crippen MR) is 82.6 cm³/mol. The normalized spacial score (nSPS) is 13.3. The van der Waals surface area contributed by atoms with E-state index in [1.807, 2.05) is 12.5 Å². The van der Waals surface area contributed by atoms with Crippen molar-refractivity contribution in [3.63, 3.8) is 0 Å². The van der Waals surface area contributed by atoms with Gasteiger partial charge in [0.25, 0.3) is 0 Å². The van der Waals surface area contributed by atoms with Gasteiger partial charge in [0.1, 0.15) is 0 Å². The van der Waals surface area contributed by atoms with Crippen LogP contribution in [0, 0.1) is 5.92 Å². The summed E-state index contributed by atoms with van der Waals surface area (Å²) in [4.78, 5) is 6.71. The van der Waals surface area contributed by atoms with Gasteiger partial charge < -0.3 is 15.0 Å². The summed E-state index contributed by atoms with van der Waals surface area (Å²) in [6.45, 7) is 10.9. The summed E-state index contributed by atoms with van der Waals surface area (Å²) in [5, 5.41) is 0. The highest BCUT2D eigenvalue weighted by Crippen LogP contribution is 2.21. The molecule has 5 nitrogen and oxygen atoms in total. The smallest absolute Gasteiger partial charge is 0.0948 e. The number of hydrogen-bond acceptors (Lipinski definition) is 4. The molecular formula is C15H30N4O. The Bertz CT molecular complexity index is 365. The fourth-order valence-electron chi connectivity index (χ4n) is 2.54. The van der Waals surface area contributed by atoms with Crippen LogP contribution >= 0.6 is 0 Å². The Morgan fingerprint density at radius 3 is 2.75 bits per heavy atom. The average molecular weight is 282 g/mol.